The number of carbonyl (C=O) groups excluding carboxylic acids is 1. The van der Waals surface area contributed by atoms with Crippen LogP contribution in [0, 0.1) is 5.92 Å². The van der Waals surface area contributed by atoms with Crippen LogP contribution in [0.1, 0.15) is 40.5 Å². The van der Waals surface area contributed by atoms with E-state index < -0.39 is 30.3 Å². The van der Waals surface area contributed by atoms with Gasteiger partial charge in [0.2, 0.25) is 5.91 Å². The van der Waals surface area contributed by atoms with Crippen LogP contribution < -0.4 is 5.32 Å². The molecule has 192 valence electrons. The van der Waals surface area contributed by atoms with E-state index in [-0.39, 0.29) is 18.4 Å². The van der Waals surface area contributed by atoms with Crippen LogP contribution in [0.3, 0.4) is 0 Å². The molecule has 6 nitrogen and oxygen atoms in total. The maximum atomic E-state index is 12.0. The number of carbonyl (C=O) groups is 1. The number of aliphatic hydroxyl groups is 4. The molecule has 6 atom stereocenters. The minimum absolute atomic E-state index is 0.00833. The third kappa shape index (κ3) is 13.6. The zero-order valence-electron chi connectivity index (χ0n) is 21.2. The number of allylic oxidation sites excluding steroid dienone is 12. The van der Waals surface area contributed by atoms with Gasteiger partial charge in [-0.2, -0.15) is 0 Å². The minimum atomic E-state index is -1.41. The highest BCUT2D eigenvalue weighted by Crippen LogP contribution is 2.15. The van der Waals surface area contributed by atoms with Gasteiger partial charge in [-0.25, -0.2) is 0 Å². The monoisotopic (exact) mass is 483 g/mol. The lowest BCUT2D eigenvalue weighted by atomic mass is 9.93. The molecule has 1 heterocycles. The Morgan fingerprint density at radius 2 is 1.46 bits per heavy atom. The predicted octanol–water partition coefficient (Wildman–Crippen LogP) is 3.59. The number of hydrogen-bond acceptors (Lipinski definition) is 5. The molecule has 0 aromatic carbocycles. The van der Waals surface area contributed by atoms with Crippen LogP contribution in [0.15, 0.2) is 96.2 Å². The van der Waals surface area contributed by atoms with E-state index in [2.05, 4.69) is 5.32 Å². The molecule has 35 heavy (non-hydrogen) atoms. The number of amides is 1. The van der Waals surface area contributed by atoms with Crippen LogP contribution in [-0.4, -0.2) is 56.8 Å². The summed E-state index contributed by atoms with van der Waals surface area (Å²) < 4.78 is 0. The smallest absolute Gasteiger partial charge is 0.244 e. The maximum absolute atomic E-state index is 12.0. The molecule has 1 rings (SSSR count). The van der Waals surface area contributed by atoms with Gasteiger partial charge >= 0.3 is 0 Å². The summed E-state index contributed by atoms with van der Waals surface area (Å²) in [6, 6.07) is -0.00833. The average molecular weight is 484 g/mol. The van der Waals surface area contributed by atoms with Crippen LogP contribution in [0.2, 0.25) is 0 Å². The van der Waals surface area contributed by atoms with Crippen LogP contribution in [0.5, 0.6) is 0 Å². The normalized spacial score (nSPS) is 39.0. The Labute approximate surface area is 209 Å². The quantitative estimate of drug-likeness (QED) is 0.362. The Morgan fingerprint density at radius 3 is 2.20 bits per heavy atom. The molecule has 0 radical (unpaired) electrons. The first-order valence-electron chi connectivity index (χ1n) is 12.0. The van der Waals surface area contributed by atoms with Crippen molar-refractivity contribution in [2.75, 3.05) is 0 Å². The first-order valence-corrected chi connectivity index (χ1v) is 12.0. The highest BCUT2D eigenvalue weighted by molar-refractivity contribution is 5.87. The predicted molar refractivity (Wildman–Crippen MR) is 142 cm³/mol. The van der Waals surface area contributed by atoms with Gasteiger partial charge in [0.1, 0.15) is 6.10 Å². The minimum Gasteiger partial charge on any atom is -0.390 e. The van der Waals surface area contributed by atoms with Crippen molar-refractivity contribution in [1.29, 1.82) is 0 Å². The second-order valence-corrected chi connectivity index (χ2v) is 8.96. The molecule has 0 saturated carbocycles. The van der Waals surface area contributed by atoms with E-state index in [9.17, 15) is 25.2 Å². The highest BCUT2D eigenvalue weighted by Gasteiger charge is 2.28. The van der Waals surface area contributed by atoms with Crippen molar-refractivity contribution < 1.29 is 25.2 Å². The molecule has 0 saturated heterocycles. The van der Waals surface area contributed by atoms with Crippen LogP contribution >= 0.6 is 0 Å². The SMILES string of the molecule is CC1=C\C(C)=C\C=C\C[C@H](C)NC(=O)/C=C/C=C/C=C/[C@H](C)[C@@H](O)[C@H](O)[C@@H](O)C[C@@H](O)/C=C/C=C\1. The van der Waals surface area contributed by atoms with Gasteiger partial charge in [0, 0.05) is 24.5 Å². The average Bonchev–Trinajstić information content (AvgIpc) is 2.79. The highest BCUT2D eigenvalue weighted by atomic mass is 16.4. The van der Waals surface area contributed by atoms with Gasteiger partial charge < -0.3 is 25.7 Å². The van der Waals surface area contributed by atoms with E-state index in [1.54, 1.807) is 49.5 Å². The molecular weight excluding hydrogens is 442 g/mol. The molecule has 5 N–H and O–H groups in total. The second-order valence-electron chi connectivity index (χ2n) is 8.96. The Hall–Kier alpha value is -2.77. The van der Waals surface area contributed by atoms with E-state index in [1.165, 1.54) is 12.2 Å². The van der Waals surface area contributed by atoms with Crippen molar-refractivity contribution in [2.24, 2.45) is 5.92 Å². The lowest BCUT2D eigenvalue weighted by Crippen LogP contribution is -2.41. The largest absolute Gasteiger partial charge is 0.390 e. The molecule has 1 aliphatic heterocycles. The molecule has 0 aliphatic carbocycles. The van der Waals surface area contributed by atoms with Crippen molar-refractivity contribution in [3.8, 4) is 0 Å². The first kappa shape index (κ1) is 30.3. The topological polar surface area (TPSA) is 110 Å². The summed E-state index contributed by atoms with van der Waals surface area (Å²) in [6.07, 6.45) is 20.5. The van der Waals surface area contributed by atoms with Crippen molar-refractivity contribution >= 4 is 5.91 Å². The van der Waals surface area contributed by atoms with Crippen molar-refractivity contribution in [2.45, 2.75) is 71.0 Å². The van der Waals surface area contributed by atoms with E-state index in [1.807, 2.05) is 51.2 Å². The fourth-order valence-corrected chi connectivity index (χ4v) is 3.34. The lowest BCUT2D eigenvalue weighted by molar-refractivity contribution is -0.117. The fourth-order valence-electron chi connectivity index (χ4n) is 3.34. The summed E-state index contributed by atoms with van der Waals surface area (Å²) in [5.41, 5.74) is 2.09. The van der Waals surface area contributed by atoms with E-state index in [0.717, 1.165) is 11.1 Å². The maximum Gasteiger partial charge on any atom is 0.244 e. The van der Waals surface area contributed by atoms with Gasteiger partial charge in [-0.15, -0.1) is 0 Å². The number of rotatable bonds is 0. The van der Waals surface area contributed by atoms with Crippen molar-refractivity contribution in [3.63, 3.8) is 0 Å². The Balaban J connectivity index is 3.00. The molecule has 0 spiro atoms. The summed E-state index contributed by atoms with van der Waals surface area (Å²) in [4.78, 5) is 12.0. The summed E-state index contributed by atoms with van der Waals surface area (Å²) in [6.45, 7) is 7.62. The summed E-state index contributed by atoms with van der Waals surface area (Å²) in [5.74, 6) is -0.623. The van der Waals surface area contributed by atoms with Gasteiger partial charge in [0.25, 0.3) is 0 Å². The van der Waals surface area contributed by atoms with Crippen LogP contribution in [-0.2, 0) is 4.79 Å². The van der Waals surface area contributed by atoms with Gasteiger partial charge in [0.15, 0.2) is 0 Å². The standard InChI is InChI=1S/C29H41NO5/c1-21-13-9-11-16-24(4)30-27(33)18-8-6-5-7-15-23(3)28(34)29(35)26(32)20-25(31)17-12-10-14-22(2)19-21/h5-15,17-19,23-26,28-29,31-32,34-35H,16,20H2,1-4H3,(H,30,33)/b6-5+,11-9+,14-10-,15-7+,17-12+,18-8+,21-13+,22-19+/t23-,24-,25-,26-,28+,29+/m0/s1. The molecule has 6 heteroatoms. The second kappa shape index (κ2) is 16.8. The summed E-state index contributed by atoms with van der Waals surface area (Å²) in [5, 5.41) is 43.9. The van der Waals surface area contributed by atoms with Crippen molar-refractivity contribution in [1.82, 2.24) is 5.32 Å². The first-order chi connectivity index (χ1) is 16.6. The summed E-state index contributed by atoms with van der Waals surface area (Å²) >= 11 is 0. The van der Waals surface area contributed by atoms with Crippen LogP contribution in [0.4, 0.5) is 0 Å². The molecule has 0 aromatic heterocycles. The van der Waals surface area contributed by atoms with E-state index in [4.69, 9.17) is 0 Å². The van der Waals surface area contributed by atoms with Gasteiger partial charge in [-0.05, 0) is 27.2 Å². The third-order valence-electron chi connectivity index (χ3n) is 5.39. The molecule has 0 unspecified atom stereocenters. The number of aliphatic hydroxyl groups excluding tert-OH is 4. The van der Waals surface area contributed by atoms with Crippen LogP contribution in [0.25, 0.3) is 0 Å². The van der Waals surface area contributed by atoms with Crippen molar-refractivity contribution in [3.05, 3.63) is 96.2 Å². The third-order valence-corrected chi connectivity index (χ3v) is 5.39. The Kier molecular flexibility index (Phi) is 14.5. The fraction of sp³-hybridized carbons (Fsp3) is 0.414. The zero-order chi connectivity index (χ0) is 26.2. The van der Waals surface area contributed by atoms with Gasteiger partial charge in [0.05, 0.1) is 18.3 Å². The number of nitrogens with one attached hydrogen (secondary N) is 1. The Bertz CT molecular complexity index is 891. The molecule has 1 amide bonds. The lowest BCUT2D eigenvalue weighted by Gasteiger charge is -2.26. The van der Waals surface area contributed by atoms with E-state index >= 15 is 0 Å². The summed E-state index contributed by atoms with van der Waals surface area (Å²) in [7, 11) is 0. The van der Waals surface area contributed by atoms with Gasteiger partial charge in [-0.1, -0.05) is 97.1 Å². The molecule has 0 aromatic rings. The molecular formula is C29H41NO5. The molecule has 0 fully saturated rings. The van der Waals surface area contributed by atoms with E-state index in [0.29, 0.717) is 6.42 Å². The number of hydrogen-bond donors (Lipinski definition) is 5. The molecule has 1 aliphatic rings. The Morgan fingerprint density at radius 1 is 0.800 bits per heavy atom. The van der Waals surface area contributed by atoms with Gasteiger partial charge in [-0.3, -0.25) is 4.79 Å². The molecule has 0 bridgehead atoms. The zero-order valence-corrected chi connectivity index (χ0v) is 21.2.